The first kappa shape index (κ1) is 11.7. The third kappa shape index (κ3) is 2.40. The van der Waals surface area contributed by atoms with Gasteiger partial charge in [-0.15, -0.1) is 0 Å². The summed E-state index contributed by atoms with van der Waals surface area (Å²) in [6, 6.07) is 0.457. The molecular formula is C15H21N3. The molecule has 3 heteroatoms. The van der Waals surface area contributed by atoms with Crippen LogP contribution < -0.4 is 5.32 Å². The zero-order valence-corrected chi connectivity index (χ0v) is 11.1. The van der Waals surface area contributed by atoms with Crippen LogP contribution in [-0.4, -0.2) is 16.0 Å². The van der Waals surface area contributed by atoms with Gasteiger partial charge in [0.05, 0.1) is 0 Å². The first-order valence-electron chi connectivity index (χ1n) is 7.12. The smallest absolute Gasteiger partial charge is 0.133 e. The average Bonchev–Trinajstić information content (AvgIpc) is 2.40. The summed E-state index contributed by atoms with van der Waals surface area (Å²) in [6.07, 6.45) is 13.1. The van der Waals surface area contributed by atoms with Crippen LogP contribution in [0.3, 0.4) is 0 Å². The van der Waals surface area contributed by atoms with Crippen molar-refractivity contribution in [3.05, 3.63) is 29.2 Å². The minimum absolute atomic E-state index is 0.457. The van der Waals surface area contributed by atoms with E-state index in [0.717, 1.165) is 24.5 Å². The van der Waals surface area contributed by atoms with Crippen molar-refractivity contribution in [2.75, 3.05) is 5.32 Å². The molecule has 0 bridgehead atoms. The third-order valence-corrected chi connectivity index (χ3v) is 3.87. The SMILES string of the molecule is Cc1nc2c(c(NC3C=CCCC3)n1)CCCC2. The van der Waals surface area contributed by atoms with E-state index < -0.39 is 0 Å². The average molecular weight is 243 g/mol. The molecule has 1 atom stereocenters. The van der Waals surface area contributed by atoms with Crippen molar-refractivity contribution >= 4 is 5.82 Å². The Bertz CT molecular complexity index is 465. The number of anilines is 1. The van der Waals surface area contributed by atoms with Crippen molar-refractivity contribution in [3.63, 3.8) is 0 Å². The Morgan fingerprint density at radius 2 is 2.06 bits per heavy atom. The molecule has 0 radical (unpaired) electrons. The van der Waals surface area contributed by atoms with Crippen LogP contribution >= 0.6 is 0 Å². The number of hydrogen-bond donors (Lipinski definition) is 1. The molecule has 18 heavy (non-hydrogen) atoms. The van der Waals surface area contributed by atoms with Crippen molar-refractivity contribution in [2.45, 2.75) is 57.9 Å². The van der Waals surface area contributed by atoms with Gasteiger partial charge >= 0.3 is 0 Å². The van der Waals surface area contributed by atoms with Gasteiger partial charge in [-0.25, -0.2) is 9.97 Å². The predicted octanol–water partition coefficient (Wildman–Crippen LogP) is 3.18. The number of aromatic nitrogens is 2. The lowest BCUT2D eigenvalue weighted by Crippen LogP contribution is -2.22. The molecule has 0 spiro atoms. The Balaban J connectivity index is 1.88. The molecule has 0 amide bonds. The van der Waals surface area contributed by atoms with Crippen molar-refractivity contribution in [1.29, 1.82) is 0 Å². The van der Waals surface area contributed by atoms with E-state index in [0.29, 0.717) is 6.04 Å². The summed E-state index contributed by atoms with van der Waals surface area (Å²) in [7, 11) is 0. The number of fused-ring (bicyclic) bond motifs is 1. The van der Waals surface area contributed by atoms with Crippen molar-refractivity contribution in [3.8, 4) is 0 Å². The van der Waals surface area contributed by atoms with Gasteiger partial charge in [0, 0.05) is 17.3 Å². The normalized spacial score (nSPS) is 22.6. The summed E-state index contributed by atoms with van der Waals surface area (Å²) >= 11 is 0. The molecule has 1 N–H and O–H groups in total. The second-order valence-corrected chi connectivity index (χ2v) is 5.36. The van der Waals surface area contributed by atoms with Gasteiger partial charge in [-0.05, 0) is 51.9 Å². The van der Waals surface area contributed by atoms with Gasteiger partial charge < -0.3 is 5.32 Å². The van der Waals surface area contributed by atoms with Gasteiger partial charge in [0.2, 0.25) is 0 Å². The molecule has 96 valence electrons. The molecule has 0 fully saturated rings. The van der Waals surface area contributed by atoms with Gasteiger partial charge in [0.15, 0.2) is 0 Å². The topological polar surface area (TPSA) is 37.8 Å². The molecule has 1 aromatic heterocycles. The lowest BCUT2D eigenvalue weighted by molar-refractivity contribution is 0.646. The van der Waals surface area contributed by atoms with Gasteiger partial charge in [0.1, 0.15) is 11.6 Å². The minimum Gasteiger partial charge on any atom is -0.364 e. The maximum absolute atomic E-state index is 4.62. The molecule has 0 saturated heterocycles. The highest BCUT2D eigenvalue weighted by atomic mass is 15.1. The van der Waals surface area contributed by atoms with Gasteiger partial charge in [-0.1, -0.05) is 12.2 Å². The van der Waals surface area contributed by atoms with E-state index in [1.54, 1.807) is 0 Å². The highest BCUT2D eigenvalue weighted by Crippen LogP contribution is 2.27. The number of rotatable bonds is 2. The summed E-state index contributed by atoms with van der Waals surface area (Å²) in [6.45, 7) is 2.00. The fourth-order valence-electron chi connectivity index (χ4n) is 2.95. The molecule has 2 aliphatic rings. The van der Waals surface area contributed by atoms with Crippen LogP contribution in [0, 0.1) is 6.92 Å². The Hall–Kier alpha value is -1.38. The molecule has 3 nitrogen and oxygen atoms in total. The Kier molecular flexibility index (Phi) is 3.31. The standard InChI is InChI=1S/C15H21N3/c1-11-16-14-10-6-5-9-13(14)15(17-11)18-12-7-3-2-4-8-12/h3,7,12H,2,4-6,8-10H2,1H3,(H,16,17,18). The lowest BCUT2D eigenvalue weighted by Gasteiger charge is -2.23. The molecule has 1 aromatic rings. The van der Waals surface area contributed by atoms with Crippen LogP contribution in [0.5, 0.6) is 0 Å². The zero-order valence-electron chi connectivity index (χ0n) is 11.1. The fraction of sp³-hybridized carbons (Fsp3) is 0.600. The van der Waals surface area contributed by atoms with E-state index in [4.69, 9.17) is 0 Å². The molecule has 2 aliphatic carbocycles. The summed E-state index contributed by atoms with van der Waals surface area (Å²) in [4.78, 5) is 9.22. The molecule has 0 saturated carbocycles. The number of hydrogen-bond acceptors (Lipinski definition) is 3. The van der Waals surface area contributed by atoms with Crippen LogP contribution in [-0.2, 0) is 12.8 Å². The zero-order chi connectivity index (χ0) is 12.4. The van der Waals surface area contributed by atoms with Gasteiger partial charge in [-0.3, -0.25) is 0 Å². The van der Waals surface area contributed by atoms with E-state index in [1.165, 1.54) is 43.4 Å². The van der Waals surface area contributed by atoms with Crippen molar-refractivity contribution in [2.24, 2.45) is 0 Å². The van der Waals surface area contributed by atoms with Gasteiger partial charge in [0.25, 0.3) is 0 Å². The van der Waals surface area contributed by atoms with Crippen LogP contribution in [0.25, 0.3) is 0 Å². The molecule has 1 unspecified atom stereocenters. The van der Waals surface area contributed by atoms with E-state index in [2.05, 4.69) is 27.4 Å². The quantitative estimate of drug-likeness (QED) is 0.811. The Labute approximate surface area is 109 Å². The highest BCUT2D eigenvalue weighted by Gasteiger charge is 2.18. The first-order chi connectivity index (χ1) is 8.83. The first-order valence-corrected chi connectivity index (χ1v) is 7.12. The summed E-state index contributed by atoms with van der Waals surface area (Å²) in [5, 5.41) is 3.61. The Morgan fingerprint density at radius 3 is 2.89 bits per heavy atom. The summed E-state index contributed by atoms with van der Waals surface area (Å²) in [5.74, 6) is 1.99. The third-order valence-electron chi connectivity index (χ3n) is 3.87. The second-order valence-electron chi connectivity index (χ2n) is 5.36. The monoisotopic (exact) mass is 243 g/mol. The maximum atomic E-state index is 4.62. The van der Waals surface area contributed by atoms with Crippen molar-refractivity contribution < 1.29 is 0 Å². The van der Waals surface area contributed by atoms with E-state index in [1.807, 2.05) is 6.92 Å². The fourth-order valence-corrected chi connectivity index (χ4v) is 2.95. The minimum atomic E-state index is 0.457. The number of aryl methyl sites for hydroxylation is 2. The van der Waals surface area contributed by atoms with Crippen LogP contribution in [0.2, 0.25) is 0 Å². The molecule has 3 rings (SSSR count). The van der Waals surface area contributed by atoms with Crippen LogP contribution in [0.1, 0.15) is 49.2 Å². The number of nitrogens with one attached hydrogen (secondary N) is 1. The van der Waals surface area contributed by atoms with Gasteiger partial charge in [-0.2, -0.15) is 0 Å². The number of allylic oxidation sites excluding steroid dienone is 1. The second kappa shape index (κ2) is 5.09. The largest absolute Gasteiger partial charge is 0.364 e. The molecule has 0 aliphatic heterocycles. The van der Waals surface area contributed by atoms with Crippen molar-refractivity contribution in [1.82, 2.24) is 9.97 Å². The van der Waals surface area contributed by atoms with E-state index in [9.17, 15) is 0 Å². The summed E-state index contributed by atoms with van der Waals surface area (Å²) < 4.78 is 0. The van der Waals surface area contributed by atoms with E-state index in [-0.39, 0.29) is 0 Å². The summed E-state index contributed by atoms with van der Waals surface area (Å²) in [5.41, 5.74) is 2.64. The molecular weight excluding hydrogens is 222 g/mol. The maximum Gasteiger partial charge on any atom is 0.133 e. The molecule has 0 aromatic carbocycles. The number of nitrogens with zero attached hydrogens (tertiary/aromatic N) is 2. The highest BCUT2D eigenvalue weighted by molar-refractivity contribution is 5.49. The van der Waals surface area contributed by atoms with E-state index >= 15 is 0 Å². The van der Waals surface area contributed by atoms with Crippen LogP contribution in [0.15, 0.2) is 12.2 Å². The molecule has 1 heterocycles. The lowest BCUT2D eigenvalue weighted by atomic mass is 9.95. The Morgan fingerprint density at radius 1 is 1.17 bits per heavy atom. The van der Waals surface area contributed by atoms with Crippen LogP contribution in [0.4, 0.5) is 5.82 Å². The predicted molar refractivity (Wildman–Crippen MR) is 73.8 cm³/mol.